The Morgan fingerprint density at radius 1 is 1.52 bits per heavy atom. The Morgan fingerprint density at radius 2 is 2.29 bits per heavy atom. The Morgan fingerprint density at radius 3 is 2.86 bits per heavy atom. The number of halogens is 1. The van der Waals surface area contributed by atoms with E-state index >= 15 is 0 Å². The maximum absolute atomic E-state index is 10.5. The molecule has 0 aliphatic heterocycles. The highest BCUT2D eigenvalue weighted by atomic mass is 35.5. The molecule has 0 unspecified atom stereocenters. The summed E-state index contributed by atoms with van der Waals surface area (Å²) >= 11 is 7.81. The predicted molar refractivity (Wildman–Crippen MR) is 87.1 cm³/mol. The Labute approximate surface area is 132 Å². The number of carbonyl (C=O) groups is 1. The summed E-state index contributed by atoms with van der Waals surface area (Å²) in [4.78, 5) is 17.0. The van der Waals surface area contributed by atoms with Crippen molar-refractivity contribution in [2.45, 2.75) is 13.5 Å². The lowest BCUT2D eigenvalue weighted by atomic mass is 10.2. The van der Waals surface area contributed by atoms with E-state index in [1.807, 2.05) is 36.4 Å². The molecule has 1 aromatic carbocycles. The lowest BCUT2D eigenvalue weighted by Gasteiger charge is -2.18. The molecular formula is C15H15ClN2O2S. The van der Waals surface area contributed by atoms with Crippen LogP contribution < -0.4 is 4.90 Å². The lowest BCUT2D eigenvalue weighted by Crippen LogP contribution is -2.16. The van der Waals surface area contributed by atoms with Crippen molar-refractivity contribution in [3.8, 4) is 0 Å². The molecule has 0 aliphatic rings. The van der Waals surface area contributed by atoms with E-state index in [-0.39, 0.29) is 0 Å². The summed E-state index contributed by atoms with van der Waals surface area (Å²) in [6, 6.07) is 5.54. The molecule has 0 radical (unpaired) electrons. The van der Waals surface area contributed by atoms with Gasteiger partial charge in [-0.05, 0) is 30.7 Å². The fraction of sp³-hybridized carbons (Fsp3) is 0.200. The topological polar surface area (TPSA) is 53.4 Å². The van der Waals surface area contributed by atoms with E-state index in [2.05, 4.69) is 4.98 Å². The van der Waals surface area contributed by atoms with E-state index < -0.39 is 5.97 Å². The van der Waals surface area contributed by atoms with Crippen molar-refractivity contribution in [1.82, 2.24) is 4.98 Å². The van der Waals surface area contributed by atoms with Crippen LogP contribution >= 0.6 is 22.9 Å². The highest BCUT2D eigenvalue weighted by Crippen LogP contribution is 2.25. The van der Waals surface area contributed by atoms with Crippen LogP contribution in [0.3, 0.4) is 0 Å². The van der Waals surface area contributed by atoms with Crippen LogP contribution in [0, 0.1) is 6.92 Å². The Balaban J connectivity index is 2.13. The standard InChI is InChI=1S/C15H15ClN2O2S/c1-10-17-12(9-21-10)8-18(2)13-5-3-11(14(16)7-13)4-6-15(19)20/h3-7,9H,8H2,1-2H3,(H,19,20)/b6-4+. The van der Waals surface area contributed by atoms with Gasteiger partial charge in [0.1, 0.15) is 0 Å². The van der Waals surface area contributed by atoms with Crippen LogP contribution in [0.5, 0.6) is 0 Å². The third-order valence-electron chi connectivity index (χ3n) is 2.90. The quantitative estimate of drug-likeness (QED) is 0.850. The summed E-state index contributed by atoms with van der Waals surface area (Å²) < 4.78 is 0. The SMILES string of the molecule is Cc1nc(CN(C)c2ccc(/C=C/C(=O)O)c(Cl)c2)cs1. The first-order chi connectivity index (χ1) is 9.95. The number of thiazole rings is 1. The molecule has 21 heavy (non-hydrogen) atoms. The fourth-order valence-corrected chi connectivity index (χ4v) is 2.71. The molecule has 2 rings (SSSR count). The zero-order valence-electron chi connectivity index (χ0n) is 11.7. The average molecular weight is 323 g/mol. The minimum absolute atomic E-state index is 0.520. The van der Waals surface area contributed by atoms with Crippen LogP contribution in [0.15, 0.2) is 29.7 Å². The second-order valence-corrected chi connectivity index (χ2v) is 6.06. The summed E-state index contributed by atoms with van der Waals surface area (Å²) in [7, 11) is 1.97. The van der Waals surface area contributed by atoms with Gasteiger partial charge in [-0.3, -0.25) is 0 Å². The van der Waals surface area contributed by atoms with E-state index in [9.17, 15) is 4.79 Å². The van der Waals surface area contributed by atoms with Crippen molar-refractivity contribution in [3.63, 3.8) is 0 Å². The number of aryl methyl sites for hydroxylation is 1. The van der Waals surface area contributed by atoms with Crippen molar-refractivity contribution < 1.29 is 9.90 Å². The number of hydrogen-bond acceptors (Lipinski definition) is 4. The van der Waals surface area contributed by atoms with Gasteiger partial charge in [0.2, 0.25) is 0 Å². The van der Waals surface area contributed by atoms with Crippen molar-refractivity contribution in [1.29, 1.82) is 0 Å². The number of carboxylic acids is 1. The maximum Gasteiger partial charge on any atom is 0.328 e. The summed E-state index contributed by atoms with van der Waals surface area (Å²) in [6.07, 6.45) is 2.56. The van der Waals surface area contributed by atoms with Crippen LogP contribution in [-0.4, -0.2) is 23.1 Å². The molecule has 0 bridgehead atoms. The van der Waals surface area contributed by atoms with Gasteiger partial charge in [-0.25, -0.2) is 9.78 Å². The molecule has 0 fully saturated rings. The third kappa shape index (κ3) is 4.31. The first-order valence-electron chi connectivity index (χ1n) is 6.28. The molecule has 6 heteroatoms. The van der Waals surface area contributed by atoms with Gasteiger partial charge in [0.05, 0.1) is 17.2 Å². The van der Waals surface area contributed by atoms with Gasteiger partial charge in [0, 0.05) is 29.2 Å². The Bertz CT molecular complexity index is 682. The van der Waals surface area contributed by atoms with Gasteiger partial charge in [0.25, 0.3) is 0 Å². The monoisotopic (exact) mass is 322 g/mol. The average Bonchev–Trinajstić information content (AvgIpc) is 2.82. The number of rotatable bonds is 5. The molecule has 110 valence electrons. The minimum Gasteiger partial charge on any atom is -0.478 e. The number of anilines is 1. The first-order valence-corrected chi connectivity index (χ1v) is 7.54. The van der Waals surface area contributed by atoms with Gasteiger partial charge in [-0.2, -0.15) is 0 Å². The molecule has 0 spiro atoms. The number of benzene rings is 1. The zero-order valence-corrected chi connectivity index (χ0v) is 13.3. The molecule has 1 heterocycles. The molecule has 0 saturated heterocycles. The number of hydrogen-bond donors (Lipinski definition) is 1. The van der Waals surface area contributed by atoms with E-state index in [0.717, 1.165) is 22.5 Å². The summed E-state index contributed by atoms with van der Waals surface area (Å²) in [5, 5.41) is 12.2. The van der Waals surface area contributed by atoms with Crippen molar-refractivity contribution in [3.05, 3.63) is 50.9 Å². The van der Waals surface area contributed by atoms with Gasteiger partial charge in [-0.15, -0.1) is 11.3 Å². The van der Waals surface area contributed by atoms with Crippen LogP contribution in [0.1, 0.15) is 16.3 Å². The third-order valence-corrected chi connectivity index (χ3v) is 4.05. The lowest BCUT2D eigenvalue weighted by molar-refractivity contribution is -0.131. The van der Waals surface area contributed by atoms with E-state index in [0.29, 0.717) is 17.1 Å². The van der Waals surface area contributed by atoms with Gasteiger partial charge in [0.15, 0.2) is 0 Å². The molecule has 1 N–H and O–H groups in total. The second kappa shape index (κ2) is 6.74. The molecular weight excluding hydrogens is 308 g/mol. The predicted octanol–water partition coefficient (Wildman–Crippen LogP) is 3.84. The zero-order chi connectivity index (χ0) is 15.4. The number of nitrogens with zero attached hydrogens (tertiary/aromatic N) is 2. The molecule has 0 atom stereocenters. The van der Waals surface area contributed by atoms with Crippen LogP contribution in [0.4, 0.5) is 5.69 Å². The van der Waals surface area contributed by atoms with E-state index in [4.69, 9.17) is 16.7 Å². The summed E-state index contributed by atoms with van der Waals surface area (Å²) in [5.74, 6) is -0.994. The Kier molecular flexibility index (Phi) is 4.98. The van der Waals surface area contributed by atoms with Gasteiger partial charge in [-0.1, -0.05) is 17.7 Å². The van der Waals surface area contributed by atoms with Crippen molar-refractivity contribution in [2.24, 2.45) is 0 Å². The van der Waals surface area contributed by atoms with Crippen molar-refractivity contribution >= 4 is 40.7 Å². The smallest absolute Gasteiger partial charge is 0.328 e. The molecule has 1 aromatic heterocycles. The highest BCUT2D eigenvalue weighted by Gasteiger charge is 2.07. The molecule has 4 nitrogen and oxygen atoms in total. The van der Waals surface area contributed by atoms with E-state index in [1.165, 1.54) is 6.08 Å². The Hall–Kier alpha value is -1.85. The second-order valence-electron chi connectivity index (χ2n) is 4.59. The number of aromatic nitrogens is 1. The largest absolute Gasteiger partial charge is 0.478 e. The highest BCUT2D eigenvalue weighted by molar-refractivity contribution is 7.09. The summed E-state index contributed by atoms with van der Waals surface area (Å²) in [6.45, 7) is 2.68. The maximum atomic E-state index is 10.5. The molecule has 0 aliphatic carbocycles. The van der Waals surface area contributed by atoms with Gasteiger partial charge < -0.3 is 10.0 Å². The van der Waals surface area contributed by atoms with Crippen LogP contribution in [0.25, 0.3) is 6.08 Å². The molecule has 0 saturated carbocycles. The number of carboxylic acid groups (broad SMARTS) is 1. The first kappa shape index (κ1) is 15.5. The normalized spacial score (nSPS) is 11.0. The van der Waals surface area contributed by atoms with E-state index in [1.54, 1.807) is 17.4 Å². The molecule has 2 aromatic rings. The fourth-order valence-electron chi connectivity index (χ4n) is 1.86. The number of aliphatic carboxylic acids is 1. The minimum atomic E-state index is -0.994. The van der Waals surface area contributed by atoms with Crippen molar-refractivity contribution in [2.75, 3.05) is 11.9 Å². The molecule has 0 amide bonds. The van der Waals surface area contributed by atoms with Gasteiger partial charge >= 0.3 is 5.97 Å². The van der Waals surface area contributed by atoms with Crippen LogP contribution in [-0.2, 0) is 11.3 Å². The summed E-state index contributed by atoms with van der Waals surface area (Å²) in [5.41, 5.74) is 2.66. The van der Waals surface area contributed by atoms with Crippen LogP contribution in [0.2, 0.25) is 5.02 Å².